The van der Waals surface area contributed by atoms with E-state index in [0.29, 0.717) is 6.42 Å². The molecule has 1 atom stereocenters. The van der Waals surface area contributed by atoms with Gasteiger partial charge in [-0.2, -0.15) is 0 Å². The van der Waals surface area contributed by atoms with Gasteiger partial charge in [0.05, 0.1) is 0 Å². The molecule has 1 fully saturated rings. The molecule has 0 saturated carbocycles. The van der Waals surface area contributed by atoms with Crippen molar-refractivity contribution in [2.45, 2.75) is 25.4 Å². The van der Waals surface area contributed by atoms with Crippen LogP contribution in [0.3, 0.4) is 0 Å². The molecule has 0 aliphatic carbocycles. The molecule has 0 aromatic heterocycles. The molecule has 1 aliphatic heterocycles. The molecule has 2 aromatic carbocycles. The number of carbonyl (C=O) groups is 1. The summed E-state index contributed by atoms with van der Waals surface area (Å²) in [5.41, 5.74) is 1.11. The molecule has 3 rings (SSSR count). The quantitative estimate of drug-likeness (QED) is 0.694. The standard InChI is InChI=1S/C15H14O2/c16-15-7-3-6-14(17-15)13-9-8-11-4-1-2-5-12(11)10-13/h1-2,4-5,8-10,14H,3,6-7H2/t14-/m1/s1. The van der Waals surface area contributed by atoms with E-state index in [1.807, 2.05) is 12.1 Å². The Labute approximate surface area is 100 Å². The molecular weight excluding hydrogens is 212 g/mol. The van der Waals surface area contributed by atoms with E-state index in [9.17, 15) is 4.79 Å². The molecule has 0 spiro atoms. The maximum atomic E-state index is 11.3. The first-order valence-corrected chi connectivity index (χ1v) is 6.01. The number of carbonyl (C=O) groups excluding carboxylic acids is 1. The SMILES string of the molecule is O=C1CCC[C@H](c2ccc3ccccc3c2)O1. The molecule has 17 heavy (non-hydrogen) atoms. The Bertz CT molecular complexity index is 560. The lowest BCUT2D eigenvalue weighted by molar-refractivity contribution is -0.154. The van der Waals surface area contributed by atoms with Gasteiger partial charge in [0.15, 0.2) is 0 Å². The normalized spacial score (nSPS) is 20.2. The molecule has 1 saturated heterocycles. The molecule has 86 valence electrons. The Morgan fingerprint density at radius 2 is 1.88 bits per heavy atom. The number of hydrogen-bond acceptors (Lipinski definition) is 2. The fourth-order valence-electron chi connectivity index (χ4n) is 2.35. The topological polar surface area (TPSA) is 26.3 Å². The molecule has 0 radical (unpaired) electrons. The average Bonchev–Trinajstić information content (AvgIpc) is 2.38. The minimum absolute atomic E-state index is 0.0548. The van der Waals surface area contributed by atoms with Crippen LogP contribution in [0.2, 0.25) is 0 Å². The smallest absolute Gasteiger partial charge is 0.306 e. The molecule has 2 nitrogen and oxygen atoms in total. The summed E-state index contributed by atoms with van der Waals surface area (Å²) in [6.45, 7) is 0. The second kappa shape index (κ2) is 4.21. The van der Waals surface area contributed by atoms with E-state index < -0.39 is 0 Å². The number of cyclic esters (lactones) is 1. The minimum atomic E-state index is -0.0746. The predicted molar refractivity (Wildman–Crippen MR) is 66.6 cm³/mol. The van der Waals surface area contributed by atoms with Crippen molar-refractivity contribution in [2.24, 2.45) is 0 Å². The lowest BCUT2D eigenvalue weighted by Gasteiger charge is -2.22. The number of rotatable bonds is 1. The molecule has 0 N–H and O–H groups in total. The summed E-state index contributed by atoms with van der Waals surface area (Å²) >= 11 is 0. The average molecular weight is 226 g/mol. The van der Waals surface area contributed by atoms with E-state index in [2.05, 4.69) is 30.3 Å². The van der Waals surface area contributed by atoms with Gasteiger partial charge in [0, 0.05) is 6.42 Å². The zero-order valence-electron chi connectivity index (χ0n) is 9.56. The van der Waals surface area contributed by atoms with Gasteiger partial charge in [-0.15, -0.1) is 0 Å². The zero-order chi connectivity index (χ0) is 11.7. The summed E-state index contributed by atoms with van der Waals surface area (Å²) in [5.74, 6) is -0.0746. The fraction of sp³-hybridized carbons (Fsp3) is 0.267. The summed E-state index contributed by atoms with van der Waals surface area (Å²) in [5, 5.41) is 2.42. The summed E-state index contributed by atoms with van der Waals surface area (Å²) in [7, 11) is 0. The Hall–Kier alpha value is -1.83. The fourth-order valence-corrected chi connectivity index (χ4v) is 2.35. The van der Waals surface area contributed by atoms with Crippen molar-refractivity contribution in [3.63, 3.8) is 0 Å². The van der Waals surface area contributed by atoms with Crippen LogP contribution in [0.4, 0.5) is 0 Å². The number of fused-ring (bicyclic) bond motifs is 1. The maximum absolute atomic E-state index is 11.3. The van der Waals surface area contributed by atoms with Crippen molar-refractivity contribution >= 4 is 16.7 Å². The van der Waals surface area contributed by atoms with Crippen molar-refractivity contribution in [1.82, 2.24) is 0 Å². The molecular formula is C15H14O2. The third kappa shape index (κ3) is 2.03. The molecule has 2 heteroatoms. The molecule has 0 unspecified atom stereocenters. The molecule has 2 aromatic rings. The number of hydrogen-bond donors (Lipinski definition) is 0. The first-order valence-electron chi connectivity index (χ1n) is 6.01. The van der Waals surface area contributed by atoms with Crippen molar-refractivity contribution in [1.29, 1.82) is 0 Å². The van der Waals surface area contributed by atoms with E-state index in [1.165, 1.54) is 10.8 Å². The van der Waals surface area contributed by atoms with Crippen LogP contribution >= 0.6 is 0 Å². The van der Waals surface area contributed by atoms with Crippen LogP contribution in [-0.4, -0.2) is 5.97 Å². The molecule has 0 bridgehead atoms. The van der Waals surface area contributed by atoms with Crippen molar-refractivity contribution in [3.8, 4) is 0 Å². The van der Waals surface area contributed by atoms with Crippen LogP contribution in [0.5, 0.6) is 0 Å². The lowest BCUT2D eigenvalue weighted by Crippen LogP contribution is -2.16. The zero-order valence-corrected chi connectivity index (χ0v) is 9.56. The molecule has 1 aliphatic rings. The van der Waals surface area contributed by atoms with Gasteiger partial charge in [0.25, 0.3) is 0 Å². The first kappa shape index (κ1) is 10.3. The van der Waals surface area contributed by atoms with Crippen molar-refractivity contribution in [3.05, 3.63) is 48.0 Å². The van der Waals surface area contributed by atoms with Gasteiger partial charge in [-0.1, -0.05) is 36.4 Å². The predicted octanol–water partition coefficient (Wildman–Crippen LogP) is 3.61. The molecule has 0 amide bonds. The second-order valence-corrected chi connectivity index (χ2v) is 4.48. The Morgan fingerprint density at radius 3 is 2.71 bits per heavy atom. The van der Waals surface area contributed by atoms with E-state index in [0.717, 1.165) is 18.4 Å². The summed E-state index contributed by atoms with van der Waals surface area (Å²) < 4.78 is 5.38. The monoisotopic (exact) mass is 226 g/mol. The highest BCUT2D eigenvalue weighted by molar-refractivity contribution is 5.83. The van der Waals surface area contributed by atoms with Gasteiger partial charge in [0.2, 0.25) is 0 Å². The third-order valence-corrected chi connectivity index (χ3v) is 3.27. The highest BCUT2D eigenvalue weighted by Crippen LogP contribution is 2.30. The van der Waals surface area contributed by atoms with Crippen molar-refractivity contribution in [2.75, 3.05) is 0 Å². The lowest BCUT2D eigenvalue weighted by atomic mass is 9.98. The van der Waals surface area contributed by atoms with Gasteiger partial charge in [-0.05, 0) is 35.2 Å². The van der Waals surface area contributed by atoms with Crippen LogP contribution in [0, 0.1) is 0 Å². The second-order valence-electron chi connectivity index (χ2n) is 4.48. The summed E-state index contributed by atoms with van der Waals surface area (Å²) in [4.78, 5) is 11.3. The van der Waals surface area contributed by atoms with Gasteiger partial charge in [0.1, 0.15) is 6.10 Å². The van der Waals surface area contributed by atoms with Crippen LogP contribution < -0.4 is 0 Å². The Kier molecular flexibility index (Phi) is 2.56. The van der Waals surface area contributed by atoms with Crippen LogP contribution in [0.1, 0.15) is 30.9 Å². The van der Waals surface area contributed by atoms with Crippen LogP contribution in [0.25, 0.3) is 10.8 Å². The van der Waals surface area contributed by atoms with E-state index >= 15 is 0 Å². The van der Waals surface area contributed by atoms with Crippen LogP contribution in [0.15, 0.2) is 42.5 Å². The maximum Gasteiger partial charge on any atom is 0.306 e. The summed E-state index contributed by atoms with van der Waals surface area (Å²) in [6, 6.07) is 14.5. The van der Waals surface area contributed by atoms with Gasteiger partial charge in [-0.25, -0.2) is 0 Å². The van der Waals surface area contributed by atoms with Gasteiger partial charge < -0.3 is 4.74 Å². The van der Waals surface area contributed by atoms with E-state index in [4.69, 9.17) is 4.74 Å². The highest BCUT2D eigenvalue weighted by Gasteiger charge is 2.21. The summed E-state index contributed by atoms with van der Waals surface area (Å²) in [6.07, 6.45) is 2.37. The Balaban J connectivity index is 1.97. The first-order chi connectivity index (χ1) is 8.33. The van der Waals surface area contributed by atoms with E-state index in [1.54, 1.807) is 0 Å². The number of ether oxygens (including phenoxy) is 1. The number of esters is 1. The molecule has 1 heterocycles. The highest BCUT2D eigenvalue weighted by atomic mass is 16.5. The third-order valence-electron chi connectivity index (χ3n) is 3.27. The Morgan fingerprint density at radius 1 is 1.06 bits per heavy atom. The largest absolute Gasteiger partial charge is 0.457 e. The van der Waals surface area contributed by atoms with Gasteiger partial charge >= 0.3 is 5.97 Å². The van der Waals surface area contributed by atoms with Crippen molar-refractivity contribution < 1.29 is 9.53 Å². The minimum Gasteiger partial charge on any atom is -0.457 e. The number of benzene rings is 2. The van der Waals surface area contributed by atoms with E-state index in [-0.39, 0.29) is 12.1 Å². The van der Waals surface area contributed by atoms with Crippen LogP contribution in [-0.2, 0) is 9.53 Å². The van der Waals surface area contributed by atoms with Gasteiger partial charge in [-0.3, -0.25) is 4.79 Å².